The lowest BCUT2D eigenvalue weighted by atomic mass is 9.93. The quantitative estimate of drug-likeness (QED) is 0.819. The lowest BCUT2D eigenvalue weighted by Gasteiger charge is -2.36. The number of carboxylic acid groups (broad SMARTS) is 1. The van der Waals surface area contributed by atoms with Crippen molar-refractivity contribution >= 4 is 11.9 Å². The van der Waals surface area contributed by atoms with Crippen LogP contribution < -0.4 is 4.74 Å². The first-order chi connectivity index (χ1) is 11.0. The highest BCUT2D eigenvalue weighted by atomic mass is 16.5. The Morgan fingerprint density at radius 1 is 1.35 bits per heavy atom. The van der Waals surface area contributed by atoms with E-state index in [1.807, 2.05) is 38.1 Å². The number of likely N-dealkylation sites (tertiary alicyclic amines) is 1. The largest absolute Gasteiger partial charge is 0.494 e. The van der Waals surface area contributed by atoms with E-state index < -0.39 is 11.9 Å². The van der Waals surface area contributed by atoms with Gasteiger partial charge in [-0.1, -0.05) is 12.1 Å². The Morgan fingerprint density at radius 2 is 2.13 bits per heavy atom. The summed E-state index contributed by atoms with van der Waals surface area (Å²) in [6.45, 7) is 4.81. The Balaban J connectivity index is 1.76. The molecule has 1 saturated heterocycles. The zero-order chi connectivity index (χ0) is 16.8. The molecule has 126 valence electrons. The standard InChI is InChI=1S/C18H25NO4/c1-13-5-3-6-16(11-13)23-10-4-7-17(20)19-12-15(18(21)22)9-8-14(19)2/h3,5-6,11,14-15H,4,7-10,12H2,1-2H3,(H,21,22). The van der Waals surface area contributed by atoms with Gasteiger partial charge in [-0.2, -0.15) is 0 Å². The molecule has 23 heavy (non-hydrogen) atoms. The summed E-state index contributed by atoms with van der Waals surface area (Å²) in [5.41, 5.74) is 1.14. The van der Waals surface area contributed by atoms with Crippen molar-refractivity contribution in [2.45, 2.75) is 45.6 Å². The predicted octanol–water partition coefficient (Wildman–Crippen LogP) is 2.87. The van der Waals surface area contributed by atoms with Crippen LogP contribution in [0.5, 0.6) is 5.75 Å². The molecule has 1 aromatic carbocycles. The van der Waals surface area contributed by atoms with Crippen molar-refractivity contribution in [3.63, 3.8) is 0 Å². The van der Waals surface area contributed by atoms with Crippen LogP contribution in [0.2, 0.25) is 0 Å². The second-order valence-corrected chi connectivity index (χ2v) is 6.28. The Morgan fingerprint density at radius 3 is 2.83 bits per heavy atom. The van der Waals surface area contributed by atoms with Gasteiger partial charge in [0.05, 0.1) is 12.5 Å². The van der Waals surface area contributed by atoms with Crippen molar-refractivity contribution in [1.82, 2.24) is 4.90 Å². The van der Waals surface area contributed by atoms with E-state index in [9.17, 15) is 9.59 Å². The first-order valence-corrected chi connectivity index (χ1v) is 8.19. The van der Waals surface area contributed by atoms with Crippen molar-refractivity contribution in [3.8, 4) is 5.75 Å². The summed E-state index contributed by atoms with van der Waals surface area (Å²) in [4.78, 5) is 25.2. The molecular weight excluding hydrogens is 294 g/mol. The fourth-order valence-electron chi connectivity index (χ4n) is 2.92. The smallest absolute Gasteiger partial charge is 0.308 e. The first-order valence-electron chi connectivity index (χ1n) is 8.19. The lowest BCUT2D eigenvalue weighted by molar-refractivity contribution is -0.147. The molecule has 0 spiro atoms. The minimum Gasteiger partial charge on any atom is -0.494 e. The Kier molecular flexibility index (Phi) is 6.02. The molecule has 1 heterocycles. The first kappa shape index (κ1) is 17.3. The number of rotatable bonds is 6. The Labute approximate surface area is 137 Å². The van der Waals surface area contributed by atoms with Gasteiger partial charge < -0.3 is 14.7 Å². The molecular formula is C18H25NO4. The summed E-state index contributed by atoms with van der Waals surface area (Å²) in [6.07, 6.45) is 2.43. The summed E-state index contributed by atoms with van der Waals surface area (Å²) in [5.74, 6) is -0.401. The van der Waals surface area contributed by atoms with Crippen LogP contribution in [0.4, 0.5) is 0 Å². The third-order valence-corrected chi connectivity index (χ3v) is 4.34. The van der Waals surface area contributed by atoms with E-state index in [2.05, 4.69) is 0 Å². The molecule has 2 atom stereocenters. The van der Waals surface area contributed by atoms with Gasteiger partial charge in [-0.05, 0) is 50.8 Å². The molecule has 0 bridgehead atoms. The third kappa shape index (κ3) is 4.98. The van der Waals surface area contributed by atoms with Crippen LogP contribution in [0.1, 0.15) is 38.2 Å². The van der Waals surface area contributed by atoms with Crippen LogP contribution in [-0.4, -0.2) is 41.1 Å². The van der Waals surface area contributed by atoms with Crippen LogP contribution >= 0.6 is 0 Å². The number of aryl methyl sites for hydroxylation is 1. The van der Waals surface area contributed by atoms with Gasteiger partial charge in [0.2, 0.25) is 5.91 Å². The number of carbonyl (C=O) groups is 2. The summed E-state index contributed by atoms with van der Waals surface area (Å²) in [5, 5.41) is 9.13. The maximum absolute atomic E-state index is 12.3. The minimum atomic E-state index is -0.808. The maximum atomic E-state index is 12.3. The van der Waals surface area contributed by atoms with E-state index in [1.165, 1.54) is 0 Å². The number of amides is 1. The molecule has 1 N–H and O–H groups in total. The van der Waals surface area contributed by atoms with Gasteiger partial charge in [0, 0.05) is 19.0 Å². The number of carboxylic acids is 1. The van der Waals surface area contributed by atoms with Crippen LogP contribution in [0.15, 0.2) is 24.3 Å². The number of hydrogen-bond acceptors (Lipinski definition) is 3. The van der Waals surface area contributed by atoms with Gasteiger partial charge >= 0.3 is 5.97 Å². The van der Waals surface area contributed by atoms with Gasteiger partial charge in [0.1, 0.15) is 5.75 Å². The molecule has 2 rings (SSSR count). The molecule has 1 aliphatic rings. The third-order valence-electron chi connectivity index (χ3n) is 4.34. The van der Waals surface area contributed by atoms with Gasteiger partial charge in [-0.15, -0.1) is 0 Å². The zero-order valence-corrected chi connectivity index (χ0v) is 13.8. The predicted molar refractivity (Wildman–Crippen MR) is 87.4 cm³/mol. The topological polar surface area (TPSA) is 66.8 Å². The number of hydrogen-bond donors (Lipinski definition) is 1. The van der Waals surface area contributed by atoms with Crippen LogP contribution in [0, 0.1) is 12.8 Å². The molecule has 5 nitrogen and oxygen atoms in total. The van der Waals surface area contributed by atoms with Gasteiger partial charge in [-0.3, -0.25) is 9.59 Å². The summed E-state index contributed by atoms with van der Waals surface area (Å²) < 4.78 is 5.65. The second-order valence-electron chi connectivity index (χ2n) is 6.28. The molecule has 1 amide bonds. The molecule has 1 aliphatic heterocycles. The van der Waals surface area contributed by atoms with E-state index in [1.54, 1.807) is 4.90 Å². The molecule has 0 aliphatic carbocycles. The van der Waals surface area contributed by atoms with Crippen molar-refractivity contribution in [2.24, 2.45) is 5.92 Å². The van der Waals surface area contributed by atoms with Crippen molar-refractivity contribution < 1.29 is 19.4 Å². The van der Waals surface area contributed by atoms with Crippen molar-refractivity contribution in [2.75, 3.05) is 13.2 Å². The second kappa shape index (κ2) is 7.99. The van der Waals surface area contributed by atoms with E-state index in [4.69, 9.17) is 9.84 Å². The Hall–Kier alpha value is -2.04. The highest BCUT2D eigenvalue weighted by molar-refractivity contribution is 5.78. The fourth-order valence-corrected chi connectivity index (χ4v) is 2.92. The zero-order valence-electron chi connectivity index (χ0n) is 13.8. The van der Waals surface area contributed by atoms with Crippen LogP contribution in [0.3, 0.4) is 0 Å². The summed E-state index contributed by atoms with van der Waals surface area (Å²) in [6, 6.07) is 7.94. The van der Waals surface area contributed by atoms with Crippen LogP contribution in [-0.2, 0) is 9.59 Å². The molecule has 1 fully saturated rings. The highest BCUT2D eigenvalue weighted by Gasteiger charge is 2.32. The number of carbonyl (C=O) groups excluding carboxylic acids is 1. The number of piperidine rings is 1. The van der Waals surface area contributed by atoms with Gasteiger partial charge in [0.15, 0.2) is 0 Å². The summed E-state index contributed by atoms with van der Waals surface area (Å²) in [7, 11) is 0. The highest BCUT2D eigenvalue weighted by Crippen LogP contribution is 2.23. The lowest BCUT2D eigenvalue weighted by Crippen LogP contribution is -2.47. The fraction of sp³-hybridized carbons (Fsp3) is 0.556. The number of aliphatic carboxylic acids is 1. The number of ether oxygens (including phenoxy) is 1. The molecule has 1 aromatic rings. The minimum absolute atomic E-state index is 0.0243. The number of nitrogens with zero attached hydrogens (tertiary/aromatic N) is 1. The van der Waals surface area contributed by atoms with Crippen molar-refractivity contribution in [3.05, 3.63) is 29.8 Å². The maximum Gasteiger partial charge on any atom is 0.308 e. The van der Waals surface area contributed by atoms with E-state index in [0.29, 0.717) is 32.4 Å². The Bertz CT molecular complexity index is 558. The van der Waals surface area contributed by atoms with E-state index in [-0.39, 0.29) is 11.9 Å². The summed E-state index contributed by atoms with van der Waals surface area (Å²) >= 11 is 0. The molecule has 5 heteroatoms. The normalized spacial score (nSPS) is 21.0. The van der Waals surface area contributed by atoms with E-state index >= 15 is 0 Å². The SMILES string of the molecule is Cc1cccc(OCCCC(=O)N2CC(C(=O)O)CCC2C)c1. The van der Waals surface area contributed by atoms with Gasteiger partial charge in [-0.25, -0.2) is 0 Å². The van der Waals surface area contributed by atoms with Crippen LogP contribution in [0.25, 0.3) is 0 Å². The number of benzene rings is 1. The molecule has 0 aromatic heterocycles. The monoisotopic (exact) mass is 319 g/mol. The molecule has 2 unspecified atom stereocenters. The average molecular weight is 319 g/mol. The molecule has 0 radical (unpaired) electrons. The van der Waals surface area contributed by atoms with Gasteiger partial charge in [0.25, 0.3) is 0 Å². The average Bonchev–Trinajstić information content (AvgIpc) is 2.51. The van der Waals surface area contributed by atoms with Crippen molar-refractivity contribution in [1.29, 1.82) is 0 Å². The molecule has 0 saturated carbocycles. The van der Waals surface area contributed by atoms with E-state index in [0.717, 1.165) is 17.7 Å².